The number of nitrogen functional groups attached to an aromatic ring is 1. The number of primary amides is 1. The number of ketones is 1. The molecule has 0 aliphatic carbocycles. The van der Waals surface area contributed by atoms with Crippen molar-refractivity contribution in [2.24, 2.45) is 5.73 Å². The normalized spacial score (nSPS) is 11.4. The van der Waals surface area contributed by atoms with Crippen LogP contribution < -0.4 is 11.5 Å². The Kier molecular flexibility index (Phi) is 5.29. The van der Waals surface area contributed by atoms with E-state index in [4.69, 9.17) is 23.1 Å². The maximum absolute atomic E-state index is 13.6. The highest BCUT2D eigenvalue weighted by Gasteiger charge is 2.35. The first-order valence-electron chi connectivity index (χ1n) is 8.07. The summed E-state index contributed by atoms with van der Waals surface area (Å²) in [5.41, 5.74) is 9.11. The number of benzene rings is 2. The van der Waals surface area contributed by atoms with E-state index >= 15 is 0 Å². The molecule has 150 valence electrons. The molecule has 0 radical (unpaired) electrons. The lowest BCUT2D eigenvalue weighted by Crippen LogP contribution is -2.16. The molecule has 7 nitrogen and oxygen atoms in total. The number of nitrogens with zero attached hydrogens (tertiary/aromatic N) is 3. The Morgan fingerprint density at radius 1 is 1.10 bits per heavy atom. The van der Waals surface area contributed by atoms with E-state index in [0.717, 1.165) is 16.8 Å². The third kappa shape index (κ3) is 4.21. The fourth-order valence-corrected chi connectivity index (χ4v) is 2.79. The maximum atomic E-state index is 13.6. The summed E-state index contributed by atoms with van der Waals surface area (Å²) in [7, 11) is 0. The van der Waals surface area contributed by atoms with Gasteiger partial charge < -0.3 is 11.5 Å². The Morgan fingerprint density at radius 2 is 1.76 bits per heavy atom. The van der Waals surface area contributed by atoms with Crippen LogP contribution in [0.15, 0.2) is 42.5 Å². The summed E-state index contributed by atoms with van der Waals surface area (Å²) in [5.74, 6) is -1.88. The van der Waals surface area contributed by atoms with Gasteiger partial charge in [0.2, 0.25) is 0 Å². The summed E-state index contributed by atoms with van der Waals surface area (Å²) in [5, 5.41) is 7.47. The molecule has 4 N–H and O–H groups in total. The van der Waals surface area contributed by atoms with E-state index in [9.17, 15) is 22.8 Å². The van der Waals surface area contributed by atoms with E-state index in [1.165, 1.54) is 30.3 Å². The van der Waals surface area contributed by atoms with Crippen molar-refractivity contribution in [1.29, 1.82) is 0 Å². The van der Waals surface area contributed by atoms with Gasteiger partial charge in [0.05, 0.1) is 12.1 Å². The van der Waals surface area contributed by atoms with Crippen LogP contribution in [-0.4, -0.2) is 26.7 Å². The number of nitrogens with two attached hydrogens (primary N) is 2. The summed E-state index contributed by atoms with van der Waals surface area (Å²) in [6.07, 6.45) is -4.78. The van der Waals surface area contributed by atoms with Gasteiger partial charge in [-0.05, 0) is 35.9 Å². The van der Waals surface area contributed by atoms with Gasteiger partial charge in [0, 0.05) is 16.1 Å². The molecule has 0 spiro atoms. The second-order valence-corrected chi connectivity index (χ2v) is 6.50. The lowest BCUT2D eigenvalue weighted by Gasteiger charge is -2.14. The molecule has 3 aromatic rings. The van der Waals surface area contributed by atoms with Crippen LogP contribution in [0.4, 0.5) is 19.0 Å². The third-order valence-corrected chi connectivity index (χ3v) is 4.33. The molecule has 1 heterocycles. The molecule has 0 unspecified atom stereocenters. The van der Waals surface area contributed by atoms with Gasteiger partial charge in [0.1, 0.15) is 0 Å². The predicted octanol–water partition coefficient (Wildman–Crippen LogP) is 2.91. The standard InChI is InChI=1S/C18H13ClF3N5O2/c19-11-4-2-10(3-5-11)15(28)12-6-1-9(7-13(12)18(20,21)22)8-27-16(23)14(17(24)29)25-26-27/h1-7H,8,23H2,(H2,24,29). The van der Waals surface area contributed by atoms with Crippen LogP contribution in [0.3, 0.4) is 0 Å². The van der Waals surface area contributed by atoms with Crippen molar-refractivity contribution in [2.75, 3.05) is 5.73 Å². The summed E-state index contributed by atoms with van der Waals surface area (Å²) in [6.45, 7) is -0.204. The zero-order valence-electron chi connectivity index (χ0n) is 14.6. The number of alkyl halides is 3. The highest BCUT2D eigenvalue weighted by Crippen LogP contribution is 2.34. The third-order valence-electron chi connectivity index (χ3n) is 4.08. The van der Waals surface area contributed by atoms with Gasteiger partial charge in [-0.1, -0.05) is 28.9 Å². The quantitative estimate of drug-likeness (QED) is 0.612. The summed E-state index contributed by atoms with van der Waals surface area (Å²) < 4.78 is 41.8. The van der Waals surface area contributed by atoms with Crippen molar-refractivity contribution in [1.82, 2.24) is 15.0 Å². The topological polar surface area (TPSA) is 117 Å². The highest BCUT2D eigenvalue weighted by atomic mass is 35.5. The molecular formula is C18H13ClF3N5O2. The molecule has 0 aliphatic rings. The smallest absolute Gasteiger partial charge is 0.382 e. The lowest BCUT2D eigenvalue weighted by atomic mass is 9.96. The molecule has 0 atom stereocenters. The predicted molar refractivity (Wildman–Crippen MR) is 98.4 cm³/mol. The van der Waals surface area contributed by atoms with E-state index in [2.05, 4.69) is 10.3 Å². The number of carbonyl (C=O) groups excluding carboxylic acids is 2. The molecule has 3 rings (SSSR count). The number of anilines is 1. The largest absolute Gasteiger partial charge is 0.417 e. The van der Waals surface area contributed by atoms with Crippen LogP contribution in [0.2, 0.25) is 5.02 Å². The highest BCUT2D eigenvalue weighted by molar-refractivity contribution is 6.30. The minimum Gasteiger partial charge on any atom is -0.382 e. The minimum atomic E-state index is -4.78. The van der Waals surface area contributed by atoms with E-state index in [0.29, 0.717) is 5.02 Å². The molecule has 0 saturated carbocycles. The zero-order valence-corrected chi connectivity index (χ0v) is 15.3. The fourth-order valence-electron chi connectivity index (χ4n) is 2.66. The molecule has 0 aliphatic heterocycles. The Labute approximate surface area is 167 Å². The number of rotatable bonds is 5. The van der Waals surface area contributed by atoms with E-state index in [1.807, 2.05) is 0 Å². The van der Waals surface area contributed by atoms with Crippen LogP contribution in [-0.2, 0) is 12.7 Å². The van der Waals surface area contributed by atoms with Crippen molar-refractivity contribution in [2.45, 2.75) is 12.7 Å². The fraction of sp³-hybridized carbons (Fsp3) is 0.111. The Balaban J connectivity index is 1.99. The van der Waals surface area contributed by atoms with Crippen molar-refractivity contribution in [3.05, 3.63) is 75.4 Å². The second kappa shape index (κ2) is 7.55. The van der Waals surface area contributed by atoms with Gasteiger partial charge >= 0.3 is 6.18 Å². The van der Waals surface area contributed by atoms with Crippen molar-refractivity contribution < 1.29 is 22.8 Å². The number of amides is 1. The van der Waals surface area contributed by atoms with Gasteiger partial charge in [-0.15, -0.1) is 5.10 Å². The van der Waals surface area contributed by atoms with Crippen molar-refractivity contribution in [3.8, 4) is 0 Å². The van der Waals surface area contributed by atoms with Crippen LogP contribution in [0.1, 0.15) is 37.5 Å². The first-order valence-corrected chi connectivity index (χ1v) is 8.45. The summed E-state index contributed by atoms with van der Waals surface area (Å²) in [6, 6.07) is 8.77. The average Bonchev–Trinajstić information content (AvgIpc) is 3.02. The number of hydrogen-bond donors (Lipinski definition) is 2. The summed E-state index contributed by atoms with van der Waals surface area (Å²) >= 11 is 5.75. The lowest BCUT2D eigenvalue weighted by molar-refractivity contribution is -0.137. The number of hydrogen-bond acceptors (Lipinski definition) is 5. The van der Waals surface area contributed by atoms with Gasteiger partial charge in [-0.25, -0.2) is 4.68 Å². The first kappa shape index (κ1) is 20.3. The van der Waals surface area contributed by atoms with Gasteiger partial charge in [-0.3, -0.25) is 9.59 Å². The molecule has 29 heavy (non-hydrogen) atoms. The molecule has 1 amide bonds. The minimum absolute atomic E-state index is 0.0688. The molecule has 0 bridgehead atoms. The van der Waals surface area contributed by atoms with Crippen LogP contribution in [0.25, 0.3) is 0 Å². The zero-order chi connectivity index (χ0) is 21.3. The molecular weight excluding hydrogens is 411 g/mol. The maximum Gasteiger partial charge on any atom is 0.417 e. The Bertz CT molecular complexity index is 1090. The van der Waals surface area contributed by atoms with E-state index in [-0.39, 0.29) is 29.2 Å². The molecule has 0 fully saturated rings. The van der Waals surface area contributed by atoms with Gasteiger partial charge in [0.15, 0.2) is 17.3 Å². The summed E-state index contributed by atoms with van der Waals surface area (Å²) in [4.78, 5) is 23.8. The van der Waals surface area contributed by atoms with Crippen molar-refractivity contribution >= 4 is 29.1 Å². The Hall–Kier alpha value is -3.40. The molecule has 11 heteroatoms. The second-order valence-electron chi connectivity index (χ2n) is 6.06. The van der Waals surface area contributed by atoms with Crippen LogP contribution in [0, 0.1) is 0 Å². The number of carbonyl (C=O) groups is 2. The number of aromatic nitrogens is 3. The van der Waals surface area contributed by atoms with E-state index in [1.54, 1.807) is 0 Å². The van der Waals surface area contributed by atoms with Crippen LogP contribution in [0.5, 0.6) is 0 Å². The Morgan fingerprint density at radius 3 is 2.31 bits per heavy atom. The molecule has 0 saturated heterocycles. The monoisotopic (exact) mass is 423 g/mol. The first-order chi connectivity index (χ1) is 13.6. The SMILES string of the molecule is NC(=O)c1nnn(Cc2ccc(C(=O)c3ccc(Cl)cc3)c(C(F)(F)F)c2)c1N. The van der Waals surface area contributed by atoms with Gasteiger partial charge in [0.25, 0.3) is 5.91 Å². The van der Waals surface area contributed by atoms with E-state index < -0.39 is 29.0 Å². The van der Waals surface area contributed by atoms with Crippen molar-refractivity contribution in [3.63, 3.8) is 0 Å². The van der Waals surface area contributed by atoms with Gasteiger partial charge in [-0.2, -0.15) is 13.2 Å². The van der Waals surface area contributed by atoms with Crippen LogP contribution >= 0.6 is 11.6 Å². The number of halogens is 4. The molecule has 1 aromatic heterocycles. The molecule has 2 aromatic carbocycles. The average molecular weight is 424 g/mol.